The van der Waals surface area contributed by atoms with Gasteiger partial charge in [-0.05, 0) is 42.3 Å². The van der Waals surface area contributed by atoms with E-state index in [9.17, 15) is 13.6 Å². The molecular formula is C19H20F2N2OS. The zero-order valence-electron chi connectivity index (χ0n) is 13.8. The molecule has 25 heavy (non-hydrogen) atoms. The zero-order chi connectivity index (χ0) is 17.7. The predicted molar refractivity (Wildman–Crippen MR) is 95.0 cm³/mol. The van der Waals surface area contributed by atoms with Crippen molar-refractivity contribution in [1.82, 2.24) is 10.3 Å². The van der Waals surface area contributed by atoms with E-state index < -0.39 is 5.76 Å². The van der Waals surface area contributed by atoms with Crippen molar-refractivity contribution in [2.75, 3.05) is 6.54 Å². The first kappa shape index (κ1) is 17.9. The highest BCUT2D eigenvalue weighted by Gasteiger charge is 2.36. The number of benzene rings is 1. The number of hydrogen-bond acceptors (Lipinski definition) is 3. The maximum atomic E-state index is 12.7. The van der Waals surface area contributed by atoms with Crippen LogP contribution in [0.5, 0.6) is 0 Å². The molecule has 3 rings (SSSR count). The Morgan fingerprint density at radius 2 is 1.88 bits per heavy atom. The molecule has 1 aromatic carbocycles. The standard InChI is InChI=1S/C19H20F2N2OS/c20-18(21)25-17-15(9-6-12-22-17)16(24)23-13-19(10-4-5-11-19)14-7-2-1-3-8-14/h1-3,6-9,12,18H,4-5,10-11,13H2,(H,23,24). The number of amides is 1. The van der Waals surface area contributed by atoms with Crippen LogP contribution in [0.25, 0.3) is 0 Å². The number of rotatable bonds is 6. The summed E-state index contributed by atoms with van der Waals surface area (Å²) in [5, 5.41) is 3.02. The Hall–Kier alpha value is -1.95. The van der Waals surface area contributed by atoms with E-state index in [-0.39, 0.29) is 21.9 Å². The van der Waals surface area contributed by atoms with Crippen molar-refractivity contribution in [2.45, 2.75) is 41.9 Å². The van der Waals surface area contributed by atoms with Gasteiger partial charge in [0.25, 0.3) is 11.7 Å². The van der Waals surface area contributed by atoms with E-state index in [0.717, 1.165) is 25.7 Å². The van der Waals surface area contributed by atoms with E-state index in [1.807, 2.05) is 18.2 Å². The van der Waals surface area contributed by atoms with Crippen molar-refractivity contribution in [1.29, 1.82) is 0 Å². The molecule has 0 unspecified atom stereocenters. The van der Waals surface area contributed by atoms with Crippen LogP contribution in [0.15, 0.2) is 53.7 Å². The van der Waals surface area contributed by atoms with Gasteiger partial charge >= 0.3 is 0 Å². The second kappa shape index (κ2) is 7.95. The lowest BCUT2D eigenvalue weighted by molar-refractivity contribution is 0.0939. The molecule has 1 aromatic heterocycles. The van der Waals surface area contributed by atoms with E-state index in [1.165, 1.54) is 17.8 Å². The van der Waals surface area contributed by atoms with Gasteiger partial charge in [-0.15, -0.1) is 0 Å². The summed E-state index contributed by atoms with van der Waals surface area (Å²) in [7, 11) is 0. The van der Waals surface area contributed by atoms with Gasteiger partial charge in [-0.25, -0.2) is 4.98 Å². The normalized spacial score (nSPS) is 16.1. The van der Waals surface area contributed by atoms with Crippen LogP contribution >= 0.6 is 11.8 Å². The summed E-state index contributed by atoms with van der Waals surface area (Å²) < 4.78 is 25.3. The first-order valence-electron chi connectivity index (χ1n) is 8.34. The summed E-state index contributed by atoms with van der Waals surface area (Å²) in [6.45, 7) is 0.503. The molecule has 1 amide bonds. The Kier molecular flexibility index (Phi) is 5.68. The quantitative estimate of drug-likeness (QED) is 0.762. The second-order valence-electron chi connectivity index (χ2n) is 6.27. The molecule has 1 aliphatic carbocycles. The van der Waals surface area contributed by atoms with Crippen LogP contribution in [0.4, 0.5) is 8.78 Å². The number of alkyl halides is 2. The van der Waals surface area contributed by atoms with E-state index in [4.69, 9.17) is 0 Å². The molecule has 0 bridgehead atoms. The van der Waals surface area contributed by atoms with Crippen molar-refractivity contribution in [2.24, 2.45) is 0 Å². The first-order chi connectivity index (χ1) is 12.1. The number of halogens is 2. The van der Waals surface area contributed by atoms with Crippen molar-refractivity contribution in [3.8, 4) is 0 Å². The number of nitrogens with one attached hydrogen (secondary N) is 1. The van der Waals surface area contributed by atoms with Gasteiger partial charge in [-0.2, -0.15) is 8.78 Å². The fraction of sp³-hybridized carbons (Fsp3) is 0.368. The van der Waals surface area contributed by atoms with E-state index in [2.05, 4.69) is 22.4 Å². The predicted octanol–water partition coefficient (Wildman–Crippen LogP) is 4.64. The maximum absolute atomic E-state index is 12.7. The molecule has 0 atom stereocenters. The minimum absolute atomic E-state index is 0.0650. The van der Waals surface area contributed by atoms with Crippen LogP contribution in [-0.2, 0) is 5.41 Å². The number of thioether (sulfide) groups is 1. The number of pyridine rings is 1. The fourth-order valence-corrected chi connectivity index (χ4v) is 4.08. The van der Waals surface area contributed by atoms with Crippen molar-refractivity contribution in [3.63, 3.8) is 0 Å². The smallest absolute Gasteiger partial charge is 0.290 e. The molecule has 3 nitrogen and oxygen atoms in total. The summed E-state index contributed by atoms with van der Waals surface area (Å²) in [4.78, 5) is 16.5. The Morgan fingerprint density at radius 3 is 2.56 bits per heavy atom. The summed E-state index contributed by atoms with van der Waals surface area (Å²) >= 11 is 0.302. The molecule has 0 aliphatic heterocycles. The summed E-state index contributed by atoms with van der Waals surface area (Å²) in [5.41, 5.74) is 1.35. The Labute approximate surface area is 150 Å². The highest BCUT2D eigenvalue weighted by Crippen LogP contribution is 2.40. The van der Waals surface area contributed by atoms with Crippen LogP contribution in [0.1, 0.15) is 41.6 Å². The molecular weight excluding hydrogens is 342 g/mol. The van der Waals surface area contributed by atoms with Gasteiger partial charge in [0.15, 0.2) is 0 Å². The fourth-order valence-electron chi connectivity index (χ4n) is 3.50. The molecule has 2 aromatic rings. The van der Waals surface area contributed by atoms with Crippen LogP contribution in [0.2, 0.25) is 0 Å². The number of hydrogen-bond donors (Lipinski definition) is 1. The molecule has 6 heteroatoms. The number of aromatic nitrogens is 1. The summed E-state index contributed by atoms with van der Waals surface area (Å²) in [6, 6.07) is 13.3. The van der Waals surface area contributed by atoms with E-state index in [0.29, 0.717) is 18.3 Å². The van der Waals surface area contributed by atoms with Crippen molar-refractivity contribution < 1.29 is 13.6 Å². The Morgan fingerprint density at radius 1 is 1.16 bits per heavy atom. The average Bonchev–Trinajstić information content (AvgIpc) is 3.11. The summed E-state index contributed by atoms with van der Waals surface area (Å²) in [5.74, 6) is -2.95. The average molecular weight is 362 g/mol. The molecule has 1 N–H and O–H groups in total. The third kappa shape index (κ3) is 4.18. The lowest BCUT2D eigenvalue weighted by Crippen LogP contribution is -2.39. The van der Waals surface area contributed by atoms with Crippen LogP contribution < -0.4 is 5.32 Å². The highest BCUT2D eigenvalue weighted by atomic mass is 32.2. The summed E-state index contributed by atoms with van der Waals surface area (Å²) in [6.07, 6.45) is 5.71. The first-order valence-corrected chi connectivity index (χ1v) is 9.22. The lowest BCUT2D eigenvalue weighted by Gasteiger charge is -2.30. The molecule has 1 heterocycles. The third-order valence-electron chi connectivity index (χ3n) is 4.75. The van der Waals surface area contributed by atoms with Gasteiger partial charge in [-0.1, -0.05) is 43.2 Å². The van der Waals surface area contributed by atoms with E-state index >= 15 is 0 Å². The Balaban J connectivity index is 1.75. The van der Waals surface area contributed by atoms with Gasteiger partial charge in [0.05, 0.1) is 5.56 Å². The van der Waals surface area contributed by atoms with Gasteiger partial charge in [0.2, 0.25) is 0 Å². The largest absolute Gasteiger partial charge is 0.351 e. The zero-order valence-corrected chi connectivity index (χ0v) is 14.6. The number of nitrogens with zero attached hydrogens (tertiary/aromatic N) is 1. The molecule has 0 radical (unpaired) electrons. The number of carbonyl (C=O) groups is 1. The third-order valence-corrected chi connectivity index (χ3v) is 5.48. The molecule has 1 saturated carbocycles. The van der Waals surface area contributed by atoms with Gasteiger partial charge in [0, 0.05) is 18.2 Å². The Bertz CT molecular complexity index is 718. The monoisotopic (exact) mass is 362 g/mol. The van der Waals surface area contributed by atoms with Gasteiger partial charge < -0.3 is 5.32 Å². The molecule has 1 aliphatic rings. The van der Waals surface area contributed by atoms with Crippen LogP contribution in [0, 0.1) is 0 Å². The van der Waals surface area contributed by atoms with E-state index in [1.54, 1.807) is 6.07 Å². The van der Waals surface area contributed by atoms with Gasteiger partial charge in [0.1, 0.15) is 5.03 Å². The topological polar surface area (TPSA) is 42.0 Å². The van der Waals surface area contributed by atoms with Crippen molar-refractivity contribution >= 4 is 17.7 Å². The molecule has 132 valence electrons. The van der Waals surface area contributed by atoms with Crippen molar-refractivity contribution in [3.05, 3.63) is 59.8 Å². The molecule has 0 saturated heterocycles. The minimum Gasteiger partial charge on any atom is -0.351 e. The van der Waals surface area contributed by atoms with Crippen LogP contribution in [-0.4, -0.2) is 23.2 Å². The maximum Gasteiger partial charge on any atom is 0.290 e. The number of carbonyl (C=O) groups excluding carboxylic acids is 1. The molecule has 1 fully saturated rings. The SMILES string of the molecule is O=C(NCC1(c2ccccc2)CCCC1)c1cccnc1SC(F)F. The lowest BCUT2D eigenvalue weighted by atomic mass is 9.79. The van der Waals surface area contributed by atoms with Gasteiger partial charge in [-0.3, -0.25) is 4.79 Å². The second-order valence-corrected chi connectivity index (χ2v) is 7.25. The molecule has 0 spiro atoms. The highest BCUT2D eigenvalue weighted by molar-refractivity contribution is 7.99. The minimum atomic E-state index is -2.60. The van der Waals surface area contributed by atoms with Crippen LogP contribution in [0.3, 0.4) is 0 Å².